The van der Waals surface area contributed by atoms with Crippen LogP contribution in [0.3, 0.4) is 0 Å². The Hall–Kier alpha value is -3.03. The SMILES string of the molecule is Cc1nc(N2CCCC2)c2c(C(=O)Nc3cc(F)ccc3F)c(C)oc2n1. The van der Waals surface area contributed by atoms with Crippen LogP contribution in [-0.4, -0.2) is 29.0 Å². The summed E-state index contributed by atoms with van der Waals surface area (Å²) in [5.41, 5.74) is 0.312. The molecule has 3 aromatic rings. The van der Waals surface area contributed by atoms with Crippen LogP contribution in [0.5, 0.6) is 0 Å². The van der Waals surface area contributed by atoms with E-state index in [-0.39, 0.29) is 11.3 Å². The van der Waals surface area contributed by atoms with Crippen molar-refractivity contribution in [3.8, 4) is 0 Å². The Morgan fingerprint density at radius 1 is 1.19 bits per heavy atom. The minimum absolute atomic E-state index is 0.232. The molecule has 27 heavy (non-hydrogen) atoms. The molecule has 0 bridgehead atoms. The summed E-state index contributed by atoms with van der Waals surface area (Å²) < 4.78 is 33.0. The van der Waals surface area contributed by atoms with Crippen molar-refractivity contribution in [3.63, 3.8) is 0 Å². The molecule has 0 aliphatic carbocycles. The van der Waals surface area contributed by atoms with E-state index in [4.69, 9.17) is 4.42 Å². The Morgan fingerprint density at radius 2 is 1.93 bits per heavy atom. The number of amides is 1. The average Bonchev–Trinajstić information content (AvgIpc) is 3.24. The molecule has 4 rings (SSSR count). The lowest BCUT2D eigenvalue weighted by Crippen LogP contribution is -2.21. The topological polar surface area (TPSA) is 71.3 Å². The van der Waals surface area contributed by atoms with Crippen molar-refractivity contribution >= 4 is 28.5 Å². The first-order valence-corrected chi connectivity index (χ1v) is 8.73. The number of nitrogens with one attached hydrogen (secondary N) is 1. The predicted octanol–water partition coefficient (Wildman–Crippen LogP) is 3.97. The monoisotopic (exact) mass is 372 g/mol. The van der Waals surface area contributed by atoms with Gasteiger partial charge in [-0.2, -0.15) is 4.98 Å². The van der Waals surface area contributed by atoms with Gasteiger partial charge in [0.1, 0.15) is 29.0 Å². The molecule has 2 aromatic heterocycles. The molecule has 1 saturated heterocycles. The Balaban J connectivity index is 1.82. The van der Waals surface area contributed by atoms with Gasteiger partial charge in [-0.05, 0) is 38.8 Å². The summed E-state index contributed by atoms with van der Waals surface area (Å²) >= 11 is 0. The number of fused-ring (bicyclic) bond motifs is 1. The third-order valence-electron chi connectivity index (χ3n) is 4.63. The maximum absolute atomic E-state index is 13.9. The van der Waals surface area contributed by atoms with Gasteiger partial charge in [-0.3, -0.25) is 4.79 Å². The van der Waals surface area contributed by atoms with Crippen molar-refractivity contribution < 1.29 is 18.0 Å². The highest BCUT2D eigenvalue weighted by Gasteiger charge is 2.27. The van der Waals surface area contributed by atoms with Crippen LogP contribution >= 0.6 is 0 Å². The lowest BCUT2D eigenvalue weighted by atomic mass is 10.1. The average molecular weight is 372 g/mol. The van der Waals surface area contributed by atoms with Crippen molar-refractivity contribution in [2.75, 3.05) is 23.3 Å². The summed E-state index contributed by atoms with van der Waals surface area (Å²) in [4.78, 5) is 23.8. The Labute approximate surface area is 154 Å². The molecule has 8 heteroatoms. The van der Waals surface area contributed by atoms with Gasteiger partial charge in [0, 0.05) is 19.2 Å². The van der Waals surface area contributed by atoms with Gasteiger partial charge >= 0.3 is 0 Å². The molecule has 1 aliphatic heterocycles. The number of carbonyl (C=O) groups is 1. The zero-order chi connectivity index (χ0) is 19.1. The Morgan fingerprint density at radius 3 is 2.67 bits per heavy atom. The van der Waals surface area contributed by atoms with Crippen LogP contribution in [0, 0.1) is 25.5 Å². The van der Waals surface area contributed by atoms with Gasteiger partial charge < -0.3 is 14.6 Å². The van der Waals surface area contributed by atoms with Gasteiger partial charge in [-0.1, -0.05) is 0 Å². The second-order valence-corrected chi connectivity index (χ2v) is 6.58. The maximum Gasteiger partial charge on any atom is 0.260 e. The van der Waals surface area contributed by atoms with Gasteiger partial charge in [0.25, 0.3) is 5.91 Å². The molecule has 3 heterocycles. The van der Waals surface area contributed by atoms with Crippen molar-refractivity contribution in [1.29, 1.82) is 0 Å². The molecule has 1 N–H and O–H groups in total. The number of nitrogens with zero attached hydrogens (tertiary/aromatic N) is 3. The summed E-state index contributed by atoms with van der Waals surface area (Å²) in [7, 11) is 0. The number of furan rings is 1. The molecule has 140 valence electrons. The van der Waals surface area contributed by atoms with Crippen molar-refractivity contribution in [3.05, 3.63) is 47.0 Å². The lowest BCUT2D eigenvalue weighted by molar-refractivity contribution is 0.102. The minimum Gasteiger partial charge on any atom is -0.442 e. The zero-order valence-corrected chi connectivity index (χ0v) is 15.0. The molecule has 0 radical (unpaired) electrons. The minimum atomic E-state index is -0.720. The van der Waals surface area contributed by atoms with Crippen LogP contribution in [0.1, 0.15) is 34.8 Å². The summed E-state index contributed by atoms with van der Waals surface area (Å²) in [6.45, 7) is 5.06. The summed E-state index contributed by atoms with van der Waals surface area (Å²) in [5.74, 6) is -0.430. The van der Waals surface area contributed by atoms with Crippen molar-refractivity contribution in [2.45, 2.75) is 26.7 Å². The van der Waals surface area contributed by atoms with Crippen LogP contribution in [0.15, 0.2) is 22.6 Å². The Bertz CT molecular complexity index is 1040. The number of halogens is 2. The van der Waals surface area contributed by atoms with Gasteiger partial charge in [-0.25, -0.2) is 13.8 Å². The van der Waals surface area contributed by atoms with Crippen LogP contribution in [0.25, 0.3) is 11.1 Å². The number of carbonyl (C=O) groups excluding carboxylic acids is 1. The smallest absolute Gasteiger partial charge is 0.260 e. The standard InChI is InChI=1S/C19H18F2N4O2/c1-10-15(18(26)24-14-9-12(20)5-6-13(14)21)16-17(25-7-3-4-8-25)22-11(2)23-19(16)27-10/h5-6,9H,3-4,7-8H2,1-2H3,(H,24,26). The molecule has 0 atom stereocenters. The quantitative estimate of drug-likeness (QED) is 0.753. The van der Waals surface area contributed by atoms with Crippen LogP contribution in [-0.2, 0) is 0 Å². The molecule has 0 spiro atoms. The fraction of sp³-hybridized carbons (Fsp3) is 0.316. The number of aryl methyl sites for hydroxylation is 2. The zero-order valence-electron chi connectivity index (χ0n) is 15.0. The molecule has 1 fully saturated rings. The molecule has 1 aliphatic rings. The van der Waals surface area contributed by atoms with E-state index in [1.54, 1.807) is 13.8 Å². The molecule has 6 nitrogen and oxygen atoms in total. The van der Waals surface area contributed by atoms with E-state index >= 15 is 0 Å². The van der Waals surface area contributed by atoms with E-state index < -0.39 is 17.5 Å². The molecule has 1 aromatic carbocycles. The highest BCUT2D eigenvalue weighted by atomic mass is 19.1. The number of hydrogen-bond acceptors (Lipinski definition) is 5. The van der Waals surface area contributed by atoms with Crippen LogP contribution < -0.4 is 10.2 Å². The third-order valence-corrected chi connectivity index (χ3v) is 4.63. The highest BCUT2D eigenvalue weighted by molar-refractivity contribution is 6.15. The normalized spacial score (nSPS) is 14.1. The van der Waals surface area contributed by atoms with Crippen molar-refractivity contribution in [2.24, 2.45) is 0 Å². The summed E-state index contributed by atoms with van der Waals surface area (Å²) in [5, 5.41) is 2.93. The predicted molar refractivity (Wildman–Crippen MR) is 97.0 cm³/mol. The number of aromatic nitrogens is 2. The molecule has 1 amide bonds. The number of anilines is 2. The van der Waals surface area contributed by atoms with Gasteiger partial charge in [-0.15, -0.1) is 0 Å². The van der Waals surface area contributed by atoms with E-state index in [9.17, 15) is 13.6 Å². The van der Waals surface area contributed by atoms with Gasteiger partial charge in [0.05, 0.1) is 16.6 Å². The highest BCUT2D eigenvalue weighted by Crippen LogP contribution is 2.34. The first-order valence-electron chi connectivity index (χ1n) is 8.73. The van der Waals surface area contributed by atoms with Crippen LogP contribution in [0.2, 0.25) is 0 Å². The van der Waals surface area contributed by atoms with E-state index in [0.717, 1.165) is 44.1 Å². The first kappa shape index (κ1) is 17.4. The van der Waals surface area contributed by atoms with Gasteiger partial charge in [0.2, 0.25) is 5.71 Å². The Kier molecular flexibility index (Phi) is 4.25. The fourth-order valence-corrected chi connectivity index (χ4v) is 3.41. The first-order chi connectivity index (χ1) is 12.9. The number of rotatable bonds is 3. The van der Waals surface area contributed by atoms with Crippen molar-refractivity contribution in [1.82, 2.24) is 9.97 Å². The van der Waals surface area contributed by atoms with E-state index in [1.807, 2.05) is 0 Å². The van der Waals surface area contributed by atoms with E-state index in [2.05, 4.69) is 20.2 Å². The third kappa shape index (κ3) is 3.11. The molecule has 0 unspecified atom stereocenters. The number of hydrogen-bond donors (Lipinski definition) is 1. The second-order valence-electron chi connectivity index (χ2n) is 6.58. The molecular weight excluding hydrogens is 354 g/mol. The summed E-state index contributed by atoms with van der Waals surface area (Å²) in [6, 6.07) is 2.89. The molecular formula is C19H18F2N4O2. The molecule has 0 saturated carbocycles. The number of benzene rings is 1. The van der Waals surface area contributed by atoms with E-state index in [1.165, 1.54) is 0 Å². The van der Waals surface area contributed by atoms with Gasteiger partial charge in [0.15, 0.2) is 0 Å². The van der Waals surface area contributed by atoms with E-state index in [0.29, 0.717) is 28.5 Å². The fourth-order valence-electron chi connectivity index (χ4n) is 3.41. The largest absolute Gasteiger partial charge is 0.442 e. The van der Waals surface area contributed by atoms with Crippen LogP contribution in [0.4, 0.5) is 20.3 Å². The summed E-state index contributed by atoms with van der Waals surface area (Å²) in [6.07, 6.45) is 2.08. The second kappa shape index (κ2) is 6.61. The maximum atomic E-state index is 13.9. The lowest BCUT2D eigenvalue weighted by Gasteiger charge is -2.18.